The molecule has 0 aliphatic carbocycles. The average Bonchev–Trinajstić information content (AvgIpc) is 2.67. The molecule has 0 radical (unpaired) electrons. The summed E-state index contributed by atoms with van der Waals surface area (Å²) in [6.07, 6.45) is -0.271. The van der Waals surface area contributed by atoms with Gasteiger partial charge >= 0.3 is 0 Å². The molecule has 0 fully saturated rings. The Bertz CT molecular complexity index is 1130. The van der Waals surface area contributed by atoms with Crippen LogP contribution in [0.25, 0.3) is 0 Å². The molecule has 3 rings (SSSR count). The highest BCUT2D eigenvalue weighted by Gasteiger charge is 2.39. The van der Waals surface area contributed by atoms with Gasteiger partial charge < -0.3 is 4.74 Å². The zero-order chi connectivity index (χ0) is 22.3. The lowest BCUT2D eigenvalue weighted by Gasteiger charge is -2.37. The average molecular weight is 429 g/mol. The number of benzene rings is 2. The highest BCUT2D eigenvalue weighted by molar-refractivity contribution is 7.92. The van der Waals surface area contributed by atoms with Crippen LogP contribution in [0.4, 0.5) is 11.4 Å². The van der Waals surface area contributed by atoms with Crippen LogP contribution in [-0.4, -0.2) is 26.0 Å². The first-order valence-corrected chi connectivity index (χ1v) is 10.9. The number of nitriles is 1. The molecule has 1 heterocycles. The first-order chi connectivity index (χ1) is 14.0. The van der Waals surface area contributed by atoms with Crippen molar-refractivity contribution < 1.29 is 18.1 Å². The predicted molar refractivity (Wildman–Crippen MR) is 112 cm³/mol. The van der Waals surface area contributed by atoms with Gasteiger partial charge in [-0.2, -0.15) is 5.26 Å². The van der Waals surface area contributed by atoms with Gasteiger partial charge in [0.25, 0.3) is 15.7 Å². The molecule has 9 heteroatoms. The number of sulfonamides is 1. The molecular formula is C21H23N3O5S. The number of rotatable bonds is 5. The lowest BCUT2D eigenvalue weighted by molar-refractivity contribution is -0.385. The van der Waals surface area contributed by atoms with Crippen molar-refractivity contribution in [2.75, 3.05) is 10.8 Å². The van der Waals surface area contributed by atoms with Gasteiger partial charge in [0, 0.05) is 12.5 Å². The number of ether oxygens (including phenoxy) is 1. The van der Waals surface area contributed by atoms with Gasteiger partial charge in [-0.15, -0.1) is 0 Å². The third kappa shape index (κ3) is 3.96. The summed E-state index contributed by atoms with van der Waals surface area (Å²) < 4.78 is 34.2. The summed E-state index contributed by atoms with van der Waals surface area (Å²) in [5, 5.41) is 20.8. The minimum Gasteiger partial charge on any atom is -0.486 e. The van der Waals surface area contributed by atoms with Crippen LogP contribution in [0.5, 0.6) is 5.75 Å². The molecular weight excluding hydrogens is 406 g/mol. The normalized spacial score (nSPS) is 16.4. The smallest absolute Gasteiger partial charge is 0.274 e. The standard InChI is InChI=1S/C21H23N3O5S/c1-14-5-7-17(8-6-14)30(27,28)23-12-16(11-21(3,4)13-22)29-19-10-9-18(24(25)26)15(2)20(19)23/h5-10,16H,11-12H2,1-4H3. The minimum atomic E-state index is -4.00. The Balaban J connectivity index is 2.16. The van der Waals surface area contributed by atoms with Crippen LogP contribution in [0.15, 0.2) is 41.3 Å². The maximum Gasteiger partial charge on any atom is 0.274 e. The van der Waals surface area contributed by atoms with Crippen LogP contribution in [0.1, 0.15) is 31.4 Å². The Labute approximate surface area is 175 Å². The lowest BCUT2D eigenvalue weighted by atomic mass is 9.88. The van der Waals surface area contributed by atoms with E-state index in [4.69, 9.17) is 4.74 Å². The van der Waals surface area contributed by atoms with Gasteiger partial charge in [-0.05, 0) is 45.9 Å². The number of hydrogen-bond acceptors (Lipinski definition) is 6. The molecule has 0 N–H and O–H groups in total. The third-order valence-corrected chi connectivity index (χ3v) is 6.90. The van der Waals surface area contributed by atoms with Crippen LogP contribution < -0.4 is 9.04 Å². The van der Waals surface area contributed by atoms with E-state index >= 15 is 0 Å². The second-order valence-electron chi connectivity index (χ2n) is 8.10. The number of hydrogen-bond donors (Lipinski definition) is 0. The Hall–Kier alpha value is -3.12. The summed E-state index contributed by atoms with van der Waals surface area (Å²) in [7, 11) is -4.00. The summed E-state index contributed by atoms with van der Waals surface area (Å²) in [6, 6.07) is 11.4. The summed E-state index contributed by atoms with van der Waals surface area (Å²) in [5.41, 5.74) is 0.383. The van der Waals surface area contributed by atoms with Crippen LogP contribution in [0.3, 0.4) is 0 Å². The van der Waals surface area contributed by atoms with Crippen molar-refractivity contribution >= 4 is 21.4 Å². The molecule has 1 atom stereocenters. The molecule has 0 saturated heterocycles. The Morgan fingerprint density at radius 1 is 1.23 bits per heavy atom. The molecule has 158 valence electrons. The molecule has 2 aromatic rings. The number of nitro benzene ring substituents is 1. The Kier molecular flexibility index (Phi) is 5.48. The highest BCUT2D eigenvalue weighted by atomic mass is 32.2. The van der Waals surface area contributed by atoms with Gasteiger partial charge in [-0.1, -0.05) is 17.7 Å². The molecule has 1 unspecified atom stereocenters. The van der Waals surface area contributed by atoms with E-state index in [1.165, 1.54) is 35.5 Å². The van der Waals surface area contributed by atoms with Crippen molar-refractivity contribution in [2.24, 2.45) is 5.41 Å². The number of aryl methyl sites for hydroxylation is 1. The first kappa shape index (κ1) is 21.6. The first-order valence-electron chi connectivity index (χ1n) is 9.41. The number of fused-ring (bicyclic) bond motifs is 1. The Morgan fingerprint density at radius 3 is 2.43 bits per heavy atom. The Morgan fingerprint density at radius 2 is 1.87 bits per heavy atom. The van der Waals surface area contributed by atoms with Gasteiger partial charge in [-0.25, -0.2) is 8.42 Å². The van der Waals surface area contributed by atoms with E-state index in [9.17, 15) is 23.8 Å². The van der Waals surface area contributed by atoms with Crippen molar-refractivity contribution in [1.82, 2.24) is 0 Å². The minimum absolute atomic E-state index is 0.0453. The maximum atomic E-state index is 13.5. The molecule has 2 aromatic carbocycles. The fourth-order valence-electron chi connectivity index (χ4n) is 3.54. The molecule has 1 aliphatic heterocycles. The van der Waals surface area contributed by atoms with Crippen LogP contribution in [-0.2, 0) is 10.0 Å². The van der Waals surface area contributed by atoms with E-state index in [-0.39, 0.29) is 34.1 Å². The third-order valence-electron chi connectivity index (χ3n) is 5.12. The van der Waals surface area contributed by atoms with Gasteiger partial charge in [0.1, 0.15) is 17.5 Å². The van der Waals surface area contributed by atoms with E-state index in [1.54, 1.807) is 26.0 Å². The largest absolute Gasteiger partial charge is 0.486 e. The van der Waals surface area contributed by atoms with E-state index in [0.717, 1.165) is 5.56 Å². The van der Waals surface area contributed by atoms with Crippen LogP contribution in [0, 0.1) is 40.7 Å². The molecule has 0 saturated carbocycles. The number of nitrogens with zero attached hydrogens (tertiary/aromatic N) is 3. The van der Waals surface area contributed by atoms with Gasteiger partial charge in [-0.3, -0.25) is 14.4 Å². The molecule has 0 spiro atoms. The topological polar surface area (TPSA) is 114 Å². The van der Waals surface area contributed by atoms with Crippen molar-refractivity contribution in [2.45, 2.75) is 45.1 Å². The summed E-state index contributed by atoms with van der Waals surface area (Å²) in [5.74, 6) is 0.249. The molecule has 30 heavy (non-hydrogen) atoms. The van der Waals surface area contributed by atoms with Crippen molar-refractivity contribution in [3.63, 3.8) is 0 Å². The van der Waals surface area contributed by atoms with E-state index < -0.39 is 26.5 Å². The molecule has 0 aromatic heterocycles. The second-order valence-corrected chi connectivity index (χ2v) is 9.96. The zero-order valence-corrected chi connectivity index (χ0v) is 18.1. The highest BCUT2D eigenvalue weighted by Crippen LogP contribution is 2.44. The zero-order valence-electron chi connectivity index (χ0n) is 17.2. The van der Waals surface area contributed by atoms with Gasteiger partial charge in [0.2, 0.25) is 0 Å². The van der Waals surface area contributed by atoms with E-state index in [0.29, 0.717) is 6.42 Å². The van der Waals surface area contributed by atoms with E-state index in [2.05, 4.69) is 6.07 Å². The van der Waals surface area contributed by atoms with Crippen LogP contribution >= 0.6 is 0 Å². The summed E-state index contributed by atoms with van der Waals surface area (Å²) >= 11 is 0. The molecule has 0 amide bonds. The molecule has 8 nitrogen and oxygen atoms in total. The lowest BCUT2D eigenvalue weighted by Crippen LogP contribution is -2.45. The van der Waals surface area contributed by atoms with Crippen molar-refractivity contribution in [3.05, 3.63) is 57.6 Å². The number of nitro groups is 1. The fourth-order valence-corrected chi connectivity index (χ4v) is 5.10. The summed E-state index contributed by atoms with van der Waals surface area (Å²) in [6.45, 7) is 6.83. The van der Waals surface area contributed by atoms with Crippen LogP contribution in [0.2, 0.25) is 0 Å². The SMILES string of the molecule is Cc1ccc(S(=O)(=O)N2CC(CC(C)(C)C#N)Oc3ccc([N+](=O)[O-])c(C)c32)cc1. The van der Waals surface area contributed by atoms with Crippen molar-refractivity contribution in [1.29, 1.82) is 5.26 Å². The quantitative estimate of drug-likeness (QED) is 0.522. The van der Waals surface area contributed by atoms with Gasteiger partial charge in [0.05, 0.1) is 33.4 Å². The summed E-state index contributed by atoms with van der Waals surface area (Å²) in [4.78, 5) is 11.0. The van der Waals surface area contributed by atoms with Crippen molar-refractivity contribution in [3.8, 4) is 11.8 Å². The molecule has 1 aliphatic rings. The molecule has 0 bridgehead atoms. The predicted octanol–water partition coefficient (Wildman–Crippen LogP) is 4.11. The monoisotopic (exact) mass is 429 g/mol. The fraction of sp³-hybridized carbons (Fsp3) is 0.381. The van der Waals surface area contributed by atoms with E-state index in [1.807, 2.05) is 6.92 Å². The maximum absolute atomic E-state index is 13.5. The number of anilines is 1. The van der Waals surface area contributed by atoms with Gasteiger partial charge in [0.15, 0.2) is 0 Å². The second kappa shape index (κ2) is 7.61.